The smallest absolute Gasteiger partial charge is 0.161 e. The van der Waals surface area contributed by atoms with Crippen LogP contribution in [0.4, 0.5) is 0 Å². The molecule has 0 heterocycles. The second kappa shape index (κ2) is 34.8. The highest BCUT2D eigenvalue weighted by Crippen LogP contribution is 2.16. The van der Waals surface area contributed by atoms with Crippen molar-refractivity contribution < 1.29 is 9.90 Å². The number of carbonyl (C=O) groups excluding carboxylic acids is 1. The maximum Gasteiger partial charge on any atom is 0.161 e. The monoisotopic (exact) mass is 565 g/mol. The standard InChI is InChI=1S/C38H76O2/c1-3-5-7-9-11-13-15-17-19-20-22-24-26-28-30-32-34-36-38(40)37(39)35-33-31-29-27-25-23-21-18-16-14-12-10-8-6-4-2/h38,40H,3-36H2,1-2H3. The maximum atomic E-state index is 12.2. The van der Waals surface area contributed by atoms with Crippen molar-refractivity contribution in [1.29, 1.82) is 0 Å². The van der Waals surface area contributed by atoms with Gasteiger partial charge in [0.1, 0.15) is 6.10 Å². The normalized spacial score (nSPS) is 12.3. The number of hydrogen-bond acceptors (Lipinski definition) is 2. The van der Waals surface area contributed by atoms with E-state index in [0.29, 0.717) is 12.8 Å². The number of unbranched alkanes of at least 4 members (excludes halogenated alkanes) is 30. The van der Waals surface area contributed by atoms with Gasteiger partial charge < -0.3 is 5.11 Å². The molecule has 1 unspecified atom stereocenters. The summed E-state index contributed by atoms with van der Waals surface area (Å²) in [5, 5.41) is 10.2. The Labute approximate surface area is 253 Å². The molecule has 0 bridgehead atoms. The lowest BCUT2D eigenvalue weighted by Crippen LogP contribution is -2.19. The fraction of sp³-hybridized carbons (Fsp3) is 0.974. The van der Waals surface area contributed by atoms with Gasteiger partial charge in [0.25, 0.3) is 0 Å². The molecular formula is C38H76O2. The quantitative estimate of drug-likeness (QED) is 0.0777. The topological polar surface area (TPSA) is 37.3 Å². The van der Waals surface area contributed by atoms with Crippen LogP contribution in [-0.2, 0) is 4.79 Å². The highest BCUT2D eigenvalue weighted by molar-refractivity contribution is 5.82. The SMILES string of the molecule is CCCCCCCCCCCCCCCCCCCC(O)C(=O)CCCCCCCCCCCCCCCCC. The van der Waals surface area contributed by atoms with Crippen molar-refractivity contribution in [2.75, 3.05) is 0 Å². The van der Waals surface area contributed by atoms with Crippen LogP contribution in [0.1, 0.15) is 232 Å². The van der Waals surface area contributed by atoms with Crippen molar-refractivity contribution in [2.45, 2.75) is 238 Å². The lowest BCUT2D eigenvalue weighted by molar-refractivity contribution is -0.127. The first-order valence-corrected chi connectivity index (χ1v) is 18.9. The first kappa shape index (κ1) is 39.6. The van der Waals surface area contributed by atoms with Gasteiger partial charge in [0.15, 0.2) is 5.78 Å². The molecular weight excluding hydrogens is 488 g/mol. The van der Waals surface area contributed by atoms with Gasteiger partial charge in [-0.05, 0) is 12.8 Å². The van der Waals surface area contributed by atoms with E-state index >= 15 is 0 Å². The molecule has 40 heavy (non-hydrogen) atoms. The van der Waals surface area contributed by atoms with Crippen LogP contribution in [0.15, 0.2) is 0 Å². The van der Waals surface area contributed by atoms with Crippen molar-refractivity contribution in [2.24, 2.45) is 0 Å². The molecule has 0 spiro atoms. The van der Waals surface area contributed by atoms with Crippen LogP contribution in [0.3, 0.4) is 0 Å². The Bertz CT molecular complexity index is 474. The van der Waals surface area contributed by atoms with Gasteiger partial charge >= 0.3 is 0 Å². The summed E-state index contributed by atoms with van der Waals surface area (Å²) in [6.07, 6.45) is 43.9. The Morgan fingerprint density at radius 2 is 0.600 bits per heavy atom. The van der Waals surface area contributed by atoms with Crippen molar-refractivity contribution >= 4 is 5.78 Å². The van der Waals surface area contributed by atoms with E-state index in [1.165, 1.54) is 186 Å². The minimum Gasteiger partial charge on any atom is -0.385 e. The molecule has 1 N–H and O–H groups in total. The molecule has 0 aliphatic rings. The summed E-state index contributed by atoms with van der Waals surface area (Å²) in [4.78, 5) is 12.2. The third kappa shape index (κ3) is 32.1. The lowest BCUT2D eigenvalue weighted by atomic mass is 10.00. The minimum atomic E-state index is -0.706. The Morgan fingerprint density at radius 1 is 0.375 bits per heavy atom. The van der Waals surface area contributed by atoms with Crippen LogP contribution in [0.25, 0.3) is 0 Å². The molecule has 240 valence electrons. The average molecular weight is 565 g/mol. The zero-order valence-electron chi connectivity index (χ0n) is 28.0. The van der Waals surface area contributed by atoms with E-state index in [2.05, 4.69) is 13.8 Å². The number of aliphatic hydroxyl groups is 1. The van der Waals surface area contributed by atoms with Crippen LogP contribution in [0, 0.1) is 0 Å². The highest BCUT2D eigenvalue weighted by atomic mass is 16.3. The molecule has 0 aromatic carbocycles. The molecule has 0 fully saturated rings. The molecule has 0 aromatic heterocycles. The fourth-order valence-electron chi connectivity index (χ4n) is 6.06. The Balaban J connectivity index is 3.26. The molecule has 0 saturated carbocycles. The van der Waals surface area contributed by atoms with Gasteiger partial charge in [-0.25, -0.2) is 0 Å². The molecule has 0 rings (SSSR count). The number of carbonyl (C=O) groups is 1. The molecule has 0 aliphatic heterocycles. The predicted molar refractivity (Wildman–Crippen MR) is 179 cm³/mol. The minimum absolute atomic E-state index is 0.0891. The molecule has 2 heteroatoms. The van der Waals surface area contributed by atoms with Crippen molar-refractivity contribution in [3.8, 4) is 0 Å². The van der Waals surface area contributed by atoms with Crippen LogP contribution in [0.2, 0.25) is 0 Å². The number of aliphatic hydroxyl groups excluding tert-OH is 1. The predicted octanol–water partition coefficient (Wildman–Crippen LogP) is 13.2. The fourth-order valence-corrected chi connectivity index (χ4v) is 6.06. The molecule has 0 aromatic rings. The summed E-state index contributed by atoms with van der Waals surface area (Å²) < 4.78 is 0. The van der Waals surface area contributed by atoms with Crippen LogP contribution < -0.4 is 0 Å². The van der Waals surface area contributed by atoms with Gasteiger partial charge in [-0.3, -0.25) is 4.79 Å². The summed E-state index contributed by atoms with van der Waals surface area (Å²) in [6, 6.07) is 0. The lowest BCUT2D eigenvalue weighted by Gasteiger charge is -2.09. The number of ketones is 1. The highest BCUT2D eigenvalue weighted by Gasteiger charge is 2.13. The van der Waals surface area contributed by atoms with Gasteiger partial charge in [0, 0.05) is 6.42 Å². The summed E-state index contributed by atoms with van der Waals surface area (Å²) in [5.74, 6) is 0.0891. The Hall–Kier alpha value is -0.370. The van der Waals surface area contributed by atoms with Crippen molar-refractivity contribution in [1.82, 2.24) is 0 Å². The molecule has 1 atom stereocenters. The molecule has 0 radical (unpaired) electrons. The van der Waals surface area contributed by atoms with Gasteiger partial charge in [0.05, 0.1) is 0 Å². The summed E-state index contributed by atoms with van der Waals surface area (Å²) >= 11 is 0. The van der Waals surface area contributed by atoms with E-state index < -0.39 is 6.10 Å². The van der Waals surface area contributed by atoms with Gasteiger partial charge in [-0.2, -0.15) is 0 Å². The van der Waals surface area contributed by atoms with Gasteiger partial charge in [0.2, 0.25) is 0 Å². The van der Waals surface area contributed by atoms with Gasteiger partial charge in [-0.15, -0.1) is 0 Å². The third-order valence-electron chi connectivity index (χ3n) is 8.98. The van der Waals surface area contributed by atoms with E-state index in [9.17, 15) is 9.90 Å². The van der Waals surface area contributed by atoms with Gasteiger partial charge in [-0.1, -0.05) is 213 Å². The van der Waals surface area contributed by atoms with Crippen LogP contribution in [-0.4, -0.2) is 17.0 Å². The van der Waals surface area contributed by atoms with E-state index in [1.807, 2.05) is 0 Å². The second-order valence-electron chi connectivity index (χ2n) is 13.1. The number of rotatable bonds is 35. The Kier molecular flexibility index (Phi) is 34.5. The molecule has 0 amide bonds. The second-order valence-corrected chi connectivity index (χ2v) is 13.1. The first-order valence-electron chi connectivity index (χ1n) is 18.9. The van der Waals surface area contributed by atoms with E-state index in [4.69, 9.17) is 0 Å². The van der Waals surface area contributed by atoms with Crippen molar-refractivity contribution in [3.63, 3.8) is 0 Å². The maximum absolute atomic E-state index is 12.2. The zero-order valence-corrected chi connectivity index (χ0v) is 28.0. The third-order valence-corrected chi connectivity index (χ3v) is 8.98. The summed E-state index contributed by atoms with van der Waals surface area (Å²) in [5.41, 5.74) is 0. The first-order chi connectivity index (χ1) is 19.7. The molecule has 0 aliphatic carbocycles. The summed E-state index contributed by atoms with van der Waals surface area (Å²) in [6.45, 7) is 4.58. The molecule has 0 saturated heterocycles. The van der Waals surface area contributed by atoms with Crippen LogP contribution >= 0.6 is 0 Å². The van der Waals surface area contributed by atoms with E-state index in [1.54, 1.807) is 0 Å². The molecule has 2 nitrogen and oxygen atoms in total. The average Bonchev–Trinajstić information content (AvgIpc) is 2.96. The van der Waals surface area contributed by atoms with Crippen LogP contribution in [0.5, 0.6) is 0 Å². The zero-order chi connectivity index (χ0) is 29.2. The Morgan fingerprint density at radius 3 is 0.875 bits per heavy atom. The van der Waals surface area contributed by atoms with Crippen molar-refractivity contribution in [3.05, 3.63) is 0 Å². The van der Waals surface area contributed by atoms with E-state index in [-0.39, 0.29) is 5.78 Å². The van der Waals surface area contributed by atoms with E-state index in [0.717, 1.165) is 19.3 Å². The number of Topliss-reactive ketones (excluding diaryl/α,β-unsaturated/α-hetero) is 1. The summed E-state index contributed by atoms with van der Waals surface area (Å²) in [7, 11) is 0. The largest absolute Gasteiger partial charge is 0.385 e. The number of hydrogen-bond donors (Lipinski definition) is 1.